The van der Waals surface area contributed by atoms with Gasteiger partial charge in [-0.25, -0.2) is 0 Å². The Bertz CT molecular complexity index is 1550. The summed E-state index contributed by atoms with van der Waals surface area (Å²) in [6, 6.07) is -0.808. The Hall–Kier alpha value is -2.38. The Morgan fingerprint density at radius 2 is 0.800 bits per heavy atom. The van der Waals surface area contributed by atoms with Crippen molar-refractivity contribution in [1.29, 1.82) is 0 Å². The molecule has 0 spiro atoms. The van der Waals surface area contributed by atoms with Crippen LogP contribution in [-0.2, 0) is 23.8 Å². The number of aliphatic hydroxyl groups is 5. The third-order valence-corrected chi connectivity index (χ3v) is 17.2. The van der Waals surface area contributed by atoms with Gasteiger partial charge in [0.15, 0.2) is 6.29 Å². The molecule has 7 atom stereocenters. The molecule has 11 heteroatoms. The van der Waals surface area contributed by atoms with Gasteiger partial charge in [-0.1, -0.05) is 300 Å². The minimum absolute atomic E-state index is 0.00109. The first-order valence-corrected chi connectivity index (χ1v) is 36.4. The number of amides is 1. The SMILES string of the molecule is CCCC/C=C\CCCCCCCC(=O)OCCCCCCCCCCCCC/C=C\C/C=C\CCCCCCCCCCCCCCCCCCCC(=O)NC(COC1OC(CO)C(O)C(O)C1O)C(O)/C=C/CCCCCCCCCCC. The molecule has 1 aliphatic rings. The van der Waals surface area contributed by atoms with Crippen molar-refractivity contribution in [1.82, 2.24) is 5.32 Å². The molecule has 1 saturated heterocycles. The van der Waals surface area contributed by atoms with Crippen molar-refractivity contribution >= 4 is 11.9 Å². The number of unbranched alkanes of at least 4 members (excludes halogenated alkanes) is 44. The number of ether oxygens (including phenoxy) is 3. The highest BCUT2D eigenvalue weighted by atomic mass is 16.7. The molecule has 0 bridgehead atoms. The van der Waals surface area contributed by atoms with Gasteiger partial charge in [-0.2, -0.15) is 0 Å². The summed E-state index contributed by atoms with van der Waals surface area (Å²) in [6.07, 6.45) is 72.6. The number of allylic oxidation sites excluding steroid dienone is 7. The molecule has 0 aromatic heterocycles. The number of hydrogen-bond donors (Lipinski definition) is 6. The van der Waals surface area contributed by atoms with Crippen molar-refractivity contribution in [2.45, 2.75) is 391 Å². The number of aliphatic hydroxyl groups excluding tert-OH is 5. The van der Waals surface area contributed by atoms with E-state index < -0.39 is 49.5 Å². The van der Waals surface area contributed by atoms with Crippen LogP contribution in [0, 0.1) is 0 Å². The molecule has 11 nitrogen and oxygen atoms in total. The highest BCUT2D eigenvalue weighted by molar-refractivity contribution is 5.76. The second kappa shape index (κ2) is 63.2. The molecule has 0 aromatic rings. The fourth-order valence-electron chi connectivity index (χ4n) is 11.4. The van der Waals surface area contributed by atoms with Gasteiger partial charge in [0.2, 0.25) is 5.91 Å². The van der Waals surface area contributed by atoms with E-state index in [1.165, 1.54) is 257 Å². The number of carbonyl (C=O) groups excluding carboxylic acids is 2. The van der Waals surface area contributed by atoms with Gasteiger partial charge in [-0.15, -0.1) is 0 Å². The molecular formula is C74H137NO10. The van der Waals surface area contributed by atoms with E-state index in [4.69, 9.17) is 14.2 Å². The minimum Gasteiger partial charge on any atom is -0.466 e. The van der Waals surface area contributed by atoms with Gasteiger partial charge in [0.1, 0.15) is 24.4 Å². The summed E-state index contributed by atoms with van der Waals surface area (Å²) >= 11 is 0. The summed E-state index contributed by atoms with van der Waals surface area (Å²) in [5.74, 6) is -0.180. The monoisotopic (exact) mass is 1200 g/mol. The first kappa shape index (κ1) is 80.6. The van der Waals surface area contributed by atoms with Crippen LogP contribution in [0.25, 0.3) is 0 Å². The lowest BCUT2D eigenvalue weighted by Crippen LogP contribution is -2.60. The lowest BCUT2D eigenvalue weighted by Gasteiger charge is -2.40. The average Bonchev–Trinajstić information content (AvgIpc) is 3.28. The molecule has 6 N–H and O–H groups in total. The predicted molar refractivity (Wildman–Crippen MR) is 357 cm³/mol. The van der Waals surface area contributed by atoms with E-state index in [-0.39, 0.29) is 18.5 Å². The van der Waals surface area contributed by atoms with Gasteiger partial charge < -0.3 is 45.1 Å². The molecule has 1 rings (SSSR count). The van der Waals surface area contributed by atoms with Gasteiger partial charge in [0.25, 0.3) is 0 Å². The van der Waals surface area contributed by atoms with Crippen LogP contribution in [0.2, 0.25) is 0 Å². The molecular weight excluding hydrogens is 1060 g/mol. The summed E-state index contributed by atoms with van der Waals surface area (Å²) in [5.41, 5.74) is 0. The van der Waals surface area contributed by atoms with E-state index >= 15 is 0 Å². The zero-order valence-electron chi connectivity index (χ0n) is 55.3. The quantitative estimate of drug-likeness (QED) is 0.0195. The number of nitrogens with one attached hydrogen (secondary N) is 1. The van der Waals surface area contributed by atoms with Crippen molar-refractivity contribution in [3.05, 3.63) is 48.6 Å². The van der Waals surface area contributed by atoms with Crippen LogP contribution in [0.4, 0.5) is 0 Å². The van der Waals surface area contributed by atoms with Crippen molar-refractivity contribution in [2.24, 2.45) is 0 Å². The zero-order valence-corrected chi connectivity index (χ0v) is 55.3. The van der Waals surface area contributed by atoms with Crippen LogP contribution >= 0.6 is 0 Å². The first-order chi connectivity index (χ1) is 41.7. The van der Waals surface area contributed by atoms with E-state index in [9.17, 15) is 35.1 Å². The smallest absolute Gasteiger partial charge is 0.305 e. The normalized spacial score (nSPS) is 18.2. The molecule has 0 aromatic carbocycles. The molecule has 1 heterocycles. The van der Waals surface area contributed by atoms with Crippen molar-refractivity contribution in [3.8, 4) is 0 Å². The predicted octanol–water partition coefficient (Wildman–Crippen LogP) is 18.7. The molecule has 1 amide bonds. The first-order valence-electron chi connectivity index (χ1n) is 36.4. The van der Waals surface area contributed by atoms with Gasteiger partial charge in [0.05, 0.1) is 32.0 Å². The average molecular weight is 1200 g/mol. The van der Waals surface area contributed by atoms with Crippen molar-refractivity contribution in [2.75, 3.05) is 19.8 Å². The van der Waals surface area contributed by atoms with Crippen molar-refractivity contribution in [3.63, 3.8) is 0 Å². The summed E-state index contributed by atoms with van der Waals surface area (Å²) in [7, 11) is 0. The highest BCUT2D eigenvalue weighted by Crippen LogP contribution is 2.23. The standard InChI is InChI=1S/C74H137NO10/c1-3-5-7-9-11-13-40-44-48-52-56-60-67(77)66(65-84-74-73(82)72(81)71(80)68(64-76)85-74)75-69(78)61-57-53-49-45-42-38-36-34-32-30-28-26-24-22-20-18-16-15-17-19-21-23-25-27-29-31-33-35-37-39-43-47-51-55-59-63-83-70(79)62-58-54-50-46-41-14-12-10-8-6-4-2/h10,12,17,19,23,25,56,60,66-68,71-74,76-77,80-82H,3-9,11,13-16,18,20-22,24,26-55,57-59,61-65H2,1-2H3,(H,75,78)/b12-10-,19-17-,25-23-,60-56+. The van der Waals surface area contributed by atoms with Crippen molar-refractivity contribution < 1.29 is 49.3 Å². The molecule has 7 unspecified atom stereocenters. The number of rotatable bonds is 64. The fraction of sp³-hybridized carbons (Fsp3) is 0.865. The second-order valence-corrected chi connectivity index (χ2v) is 25.3. The zero-order chi connectivity index (χ0) is 61.6. The maximum Gasteiger partial charge on any atom is 0.305 e. The van der Waals surface area contributed by atoms with Crippen LogP contribution < -0.4 is 5.32 Å². The molecule has 498 valence electrons. The van der Waals surface area contributed by atoms with E-state index in [0.717, 1.165) is 64.2 Å². The Balaban J connectivity index is 1.93. The van der Waals surface area contributed by atoms with Crippen LogP contribution in [0.15, 0.2) is 48.6 Å². The Kier molecular flexibility index (Phi) is 60.0. The van der Waals surface area contributed by atoms with Gasteiger partial charge in [-0.05, 0) is 83.5 Å². The number of esters is 1. The van der Waals surface area contributed by atoms with Crippen LogP contribution in [0.3, 0.4) is 0 Å². The lowest BCUT2D eigenvalue weighted by atomic mass is 9.99. The second-order valence-electron chi connectivity index (χ2n) is 25.3. The van der Waals surface area contributed by atoms with Gasteiger partial charge >= 0.3 is 5.97 Å². The van der Waals surface area contributed by atoms with E-state index in [2.05, 4.69) is 55.6 Å². The summed E-state index contributed by atoms with van der Waals surface area (Å²) in [4.78, 5) is 25.1. The topological polar surface area (TPSA) is 175 Å². The van der Waals surface area contributed by atoms with Crippen LogP contribution in [0.1, 0.15) is 348 Å². The summed E-state index contributed by atoms with van der Waals surface area (Å²) < 4.78 is 16.7. The maximum absolute atomic E-state index is 13.0. The fourth-order valence-corrected chi connectivity index (χ4v) is 11.4. The molecule has 1 fully saturated rings. The van der Waals surface area contributed by atoms with E-state index in [0.29, 0.717) is 19.4 Å². The molecule has 0 saturated carbocycles. The molecule has 85 heavy (non-hydrogen) atoms. The Morgan fingerprint density at radius 1 is 0.435 bits per heavy atom. The Morgan fingerprint density at radius 3 is 1.24 bits per heavy atom. The number of carbonyl (C=O) groups is 2. The van der Waals surface area contributed by atoms with E-state index in [1.54, 1.807) is 6.08 Å². The van der Waals surface area contributed by atoms with Crippen LogP contribution in [-0.4, -0.2) is 100 Å². The Labute approximate surface area is 523 Å². The third kappa shape index (κ3) is 52.1. The van der Waals surface area contributed by atoms with E-state index in [1.807, 2.05) is 6.08 Å². The maximum atomic E-state index is 13.0. The third-order valence-electron chi connectivity index (χ3n) is 17.2. The molecule has 0 aliphatic carbocycles. The van der Waals surface area contributed by atoms with Gasteiger partial charge in [-0.3, -0.25) is 9.59 Å². The minimum atomic E-state index is -1.57. The summed E-state index contributed by atoms with van der Waals surface area (Å²) in [6.45, 7) is 4.32. The largest absolute Gasteiger partial charge is 0.466 e. The summed E-state index contributed by atoms with van der Waals surface area (Å²) in [5, 5.41) is 54.4. The molecule has 0 radical (unpaired) electrons. The highest BCUT2D eigenvalue weighted by Gasteiger charge is 2.44. The van der Waals surface area contributed by atoms with Gasteiger partial charge in [0, 0.05) is 12.8 Å². The number of hydrogen-bond acceptors (Lipinski definition) is 10. The lowest BCUT2D eigenvalue weighted by molar-refractivity contribution is -0.302. The van der Waals surface area contributed by atoms with Crippen LogP contribution in [0.5, 0.6) is 0 Å². The molecule has 1 aliphatic heterocycles.